The molecule has 2 unspecified atom stereocenters. The van der Waals surface area contributed by atoms with Gasteiger partial charge in [0.1, 0.15) is 13.2 Å². The molecule has 490 valence electrons. The minimum Gasteiger partial charge on any atom is -0.545 e. The van der Waals surface area contributed by atoms with E-state index in [4.69, 9.17) is 18.9 Å². The van der Waals surface area contributed by atoms with Gasteiger partial charge in [0, 0.05) is 12.8 Å². The van der Waals surface area contributed by atoms with Gasteiger partial charge in [-0.05, 0) is 128 Å². The highest BCUT2D eigenvalue weighted by molar-refractivity contribution is 5.70. The van der Waals surface area contributed by atoms with Crippen LogP contribution >= 0.6 is 0 Å². The van der Waals surface area contributed by atoms with Gasteiger partial charge < -0.3 is 33.3 Å². The van der Waals surface area contributed by atoms with Crippen molar-refractivity contribution in [3.05, 3.63) is 170 Å². The summed E-state index contributed by atoms with van der Waals surface area (Å²) >= 11 is 0. The van der Waals surface area contributed by atoms with Gasteiger partial charge >= 0.3 is 11.9 Å². The second-order valence-electron chi connectivity index (χ2n) is 23.3. The largest absolute Gasteiger partial charge is 0.545 e. The van der Waals surface area contributed by atoms with Crippen molar-refractivity contribution in [3.8, 4) is 0 Å². The third-order valence-electron chi connectivity index (χ3n) is 14.0. The number of esters is 2. The number of carboxylic acid groups (broad SMARTS) is 1. The SMILES string of the molecule is CC/C=C\C/C=C\C/C=C\C/C=C\C/C=C\C/C=C\C/C=C\CCCCCCCCCCCCCCCC(=O)OC(COC(=O)CCCCCCC/C=C\C/C=C\C/C=C\C/C=C\C/C=C\C/C=C\C/C=C\CC)COC(OCC[N+](C)(C)C)C(=O)[O-]. The summed E-state index contributed by atoms with van der Waals surface area (Å²) in [6.45, 7) is 4.48. The number of nitrogens with zero attached hydrogens (tertiary/aromatic N) is 1. The quantitative estimate of drug-likeness (QED) is 0.0195. The highest BCUT2D eigenvalue weighted by Gasteiger charge is 2.22. The summed E-state index contributed by atoms with van der Waals surface area (Å²) in [5.74, 6) is -2.33. The van der Waals surface area contributed by atoms with E-state index in [1.54, 1.807) is 0 Å². The van der Waals surface area contributed by atoms with Gasteiger partial charge in [-0.15, -0.1) is 0 Å². The second-order valence-corrected chi connectivity index (χ2v) is 23.3. The first kappa shape index (κ1) is 81.7. The molecule has 0 fully saturated rings. The van der Waals surface area contributed by atoms with Crippen molar-refractivity contribution in [2.45, 2.75) is 257 Å². The summed E-state index contributed by atoms with van der Waals surface area (Å²) in [5, 5.41) is 11.8. The first-order chi connectivity index (χ1) is 42.6. The molecular weight excluding hydrogens is 1080 g/mol. The van der Waals surface area contributed by atoms with Crippen LogP contribution in [0.2, 0.25) is 0 Å². The van der Waals surface area contributed by atoms with E-state index in [1.807, 2.05) is 21.1 Å². The van der Waals surface area contributed by atoms with Crippen LogP contribution in [0.4, 0.5) is 0 Å². The van der Waals surface area contributed by atoms with Crippen LogP contribution in [0, 0.1) is 0 Å². The maximum atomic E-state index is 12.9. The second kappa shape index (κ2) is 66.6. The van der Waals surface area contributed by atoms with E-state index in [0.717, 1.165) is 141 Å². The molecule has 0 aromatic heterocycles. The number of hydrogen-bond acceptors (Lipinski definition) is 8. The van der Waals surface area contributed by atoms with E-state index in [1.165, 1.54) is 64.2 Å². The molecule has 0 amide bonds. The molecular formula is C78H125NO8. The molecule has 0 N–H and O–H groups in total. The van der Waals surface area contributed by atoms with E-state index in [9.17, 15) is 19.5 Å². The van der Waals surface area contributed by atoms with E-state index < -0.39 is 24.3 Å². The first-order valence-electron chi connectivity index (χ1n) is 34.3. The zero-order valence-electron chi connectivity index (χ0n) is 55.8. The van der Waals surface area contributed by atoms with Crippen LogP contribution in [-0.2, 0) is 33.3 Å². The number of quaternary nitrogens is 1. The number of hydrogen-bond donors (Lipinski definition) is 0. The molecule has 0 heterocycles. The lowest BCUT2D eigenvalue weighted by Crippen LogP contribution is -2.44. The lowest BCUT2D eigenvalue weighted by Gasteiger charge is -2.26. The molecule has 87 heavy (non-hydrogen) atoms. The summed E-state index contributed by atoms with van der Waals surface area (Å²) in [6, 6.07) is 0. The lowest BCUT2D eigenvalue weighted by atomic mass is 10.0. The number of likely N-dealkylation sites (N-methyl/N-ethyl adjacent to an activating group) is 1. The van der Waals surface area contributed by atoms with Crippen molar-refractivity contribution in [1.29, 1.82) is 0 Å². The molecule has 0 aromatic rings. The predicted octanol–water partition coefficient (Wildman–Crippen LogP) is 20.1. The van der Waals surface area contributed by atoms with Crippen LogP contribution in [0.3, 0.4) is 0 Å². The number of carbonyl (C=O) groups is 3. The highest BCUT2D eigenvalue weighted by Crippen LogP contribution is 2.15. The molecule has 0 aliphatic rings. The average molecular weight is 1200 g/mol. The normalized spacial score (nSPS) is 13.8. The number of carboxylic acids is 1. The first-order valence-corrected chi connectivity index (χ1v) is 34.3. The van der Waals surface area contributed by atoms with Crippen LogP contribution in [0.1, 0.15) is 245 Å². The molecule has 9 nitrogen and oxygen atoms in total. The smallest absolute Gasteiger partial charge is 0.306 e. The summed E-state index contributed by atoms with van der Waals surface area (Å²) in [5.41, 5.74) is 0. The van der Waals surface area contributed by atoms with Gasteiger partial charge in [-0.25, -0.2) is 0 Å². The molecule has 2 atom stereocenters. The Kier molecular flexibility index (Phi) is 62.5. The van der Waals surface area contributed by atoms with Gasteiger partial charge in [-0.2, -0.15) is 0 Å². The van der Waals surface area contributed by atoms with Gasteiger partial charge in [-0.1, -0.05) is 274 Å². The highest BCUT2D eigenvalue weighted by atomic mass is 16.7. The summed E-state index contributed by atoms with van der Waals surface area (Å²) in [6.07, 6.45) is 97.0. The van der Waals surface area contributed by atoms with Gasteiger partial charge in [0.2, 0.25) is 0 Å². The molecule has 0 saturated carbocycles. The lowest BCUT2D eigenvalue weighted by molar-refractivity contribution is -0.870. The Labute approximate surface area is 533 Å². The number of rotatable bonds is 61. The molecule has 0 aliphatic carbocycles. The summed E-state index contributed by atoms with van der Waals surface area (Å²) in [4.78, 5) is 37.5. The number of allylic oxidation sites excluding steroid dienone is 28. The maximum Gasteiger partial charge on any atom is 0.306 e. The zero-order chi connectivity index (χ0) is 63.3. The van der Waals surface area contributed by atoms with E-state index in [2.05, 4.69) is 184 Å². The third-order valence-corrected chi connectivity index (χ3v) is 14.0. The monoisotopic (exact) mass is 1200 g/mol. The van der Waals surface area contributed by atoms with Crippen molar-refractivity contribution in [2.24, 2.45) is 0 Å². The molecule has 0 rings (SSSR count). The van der Waals surface area contributed by atoms with Crippen LogP contribution < -0.4 is 5.11 Å². The van der Waals surface area contributed by atoms with Crippen LogP contribution in [-0.4, -0.2) is 82.3 Å². The summed E-state index contributed by atoms with van der Waals surface area (Å²) in [7, 11) is 5.91. The number of aliphatic carboxylic acids is 1. The van der Waals surface area contributed by atoms with E-state index >= 15 is 0 Å². The number of carbonyl (C=O) groups excluding carboxylic acids is 3. The fraction of sp³-hybridized carbons (Fsp3) is 0.603. The van der Waals surface area contributed by atoms with Gasteiger partial charge in [-0.3, -0.25) is 9.59 Å². The van der Waals surface area contributed by atoms with Crippen molar-refractivity contribution >= 4 is 17.9 Å². The van der Waals surface area contributed by atoms with Crippen LogP contribution in [0.15, 0.2) is 170 Å². The van der Waals surface area contributed by atoms with Crippen molar-refractivity contribution in [1.82, 2.24) is 0 Å². The standard InChI is InChI=1S/C78H125NO8/c1-6-8-10-12-14-16-18-20-22-24-26-28-30-32-34-35-36-37-38-39-40-41-43-45-47-49-51-53-55-57-59-61-63-65-67-69-76(81)87-74(73-86-78(77(82)83)84-71-70-79(3,4)5)72-85-75(80)68-66-64-62-60-58-56-54-52-50-48-46-44-42-33-31-29-27-25-23-21-19-17-15-13-11-9-7-2/h8-11,14-17,20-23,26-29,32-34,36-37,39-40,42,46,48,52,54,74,78H,6-7,12-13,18-19,24-25,30-31,35,38,41,43-45,47,49-51,53,55-73H2,1-5H3/b10-8-,11-9-,16-14-,17-15-,22-20-,23-21-,28-26-,29-27-,34-32-,37-36-,40-39-,42-33-,48-46-,54-52-. The molecule has 0 radical (unpaired) electrons. The van der Waals surface area contributed by atoms with Gasteiger partial charge in [0.15, 0.2) is 12.4 Å². The average Bonchev–Trinajstić information content (AvgIpc) is 3.56. The van der Waals surface area contributed by atoms with Crippen LogP contribution in [0.25, 0.3) is 0 Å². The topological polar surface area (TPSA) is 111 Å². The third kappa shape index (κ3) is 68.0. The van der Waals surface area contributed by atoms with Crippen molar-refractivity contribution < 1.29 is 42.9 Å². The van der Waals surface area contributed by atoms with Gasteiger partial charge in [0.05, 0.1) is 40.3 Å². The molecule has 0 spiro atoms. The Morgan fingerprint density at radius 2 is 0.621 bits per heavy atom. The Bertz CT molecular complexity index is 2030. The molecule has 9 heteroatoms. The Hall–Kier alpha value is -5.35. The minimum atomic E-state index is -1.64. The fourth-order valence-electron chi connectivity index (χ4n) is 8.79. The van der Waals surface area contributed by atoms with Gasteiger partial charge in [0.25, 0.3) is 0 Å². The minimum absolute atomic E-state index is 0.135. The Balaban J connectivity index is 4.22. The fourth-order valence-corrected chi connectivity index (χ4v) is 8.79. The number of ether oxygens (including phenoxy) is 4. The van der Waals surface area contributed by atoms with E-state index in [-0.39, 0.29) is 38.6 Å². The maximum absolute atomic E-state index is 12.9. The molecule has 0 aromatic carbocycles. The molecule has 0 saturated heterocycles. The summed E-state index contributed by atoms with van der Waals surface area (Å²) < 4.78 is 22.8. The molecule has 0 bridgehead atoms. The van der Waals surface area contributed by atoms with Crippen molar-refractivity contribution in [3.63, 3.8) is 0 Å². The Morgan fingerprint density at radius 3 is 0.920 bits per heavy atom. The number of unbranched alkanes of at least 4 members (excludes halogenated alkanes) is 18. The van der Waals surface area contributed by atoms with E-state index in [0.29, 0.717) is 23.9 Å². The predicted molar refractivity (Wildman–Crippen MR) is 370 cm³/mol. The molecule has 0 aliphatic heterocycles. The zero-order valence-corrected chi connectivity index (χ0v) is 55.8. The Morgan fingerprint density at radius 1 is 0.345 bits per heavy atom. The van der Waals surface area contributed by atoms with Crippen molar-refractivity contribution in [2.75, 3.05) is 47.5 Å². The van der Waals surface area contributed by atoms with Crippen LogP contribution in [0.5, 0.6) is 0 Å².